The largest absolute Gasteiger partial charge is 0.310 e. The number of benzene rings is 20. The van der Waals surface area contributed by atoms with Crippen LogP contribution in [-0.2, 0) is 0 Å². The highest BCUT2D eigenvalue weighted by atomic mass is 15.2. The molecule has 8 heteroatoms. The molecule has 0 unspecified atom stereocenters. The second-order valence-electron chi connectivity index (χ2n) is 42.6. The first-order valence-electron chi connectivity index (χ1n) is 52.4. The topological polar surface area (TPSA) is 30.6 Å². The number of hydrogen-bond acceptors (Lipinski definition) is 4. The average Bonchev–Trinajstić information content (AvgIpc) is 1.52. The molecule has 0 bridgehead atoms. The van der Waals surface area contributed by atoms with Crippen LogP contribution >= 0.6 is 0 Å². The lowest BCUT2D eigenvalue weighted by atomic mass is 9.91. The Morgan fingerprint density at radius 1 is 0.163 bits per heavy atom. The Balaban J connectivity index is 0.000000146. The van der Waals surface area contributed by atoms with Gasteiger partial charge in [0, 0.05) is 132 Å². The monoisotopic (exact) mass is 1890 g/mol. The van der Waals surface area contributed by atoms with E-state index in [0.717, 1.165) is 34.1 Å². The molecule has 8 heterocycles. The van der Waals surface area contributed by atoms with E-state index in [-0.39, 0.29) is 0 Å². The van der Waals surface area contributed by atoms with E-state index in [4.69, 9.17) is 0 Å². The molecule has 0 N–H and O–H groups in total. The highest BCUT2D eigenvalue weighted by Gasteiger charge is 2.33. The fourth-order valence-electron chi connectivity index (χ4n) is 27.0. The van der Waals surface area contributed by atoms with Crippen LogP contribution in [0.1, 0.15) is 140 Å². The van der Waals surface area contributed by atoms with Crippen LogP contribution in [0.15, 0.2) is 394 Å². The van der Waals surface area contributed by atoms with Gasteiger partial charge in [-0.05, 0) is 325 Å². The summed E-state index contributed by atoms with van der Waals surface area (Å²) in [5, 5.41) is 20.2. The quantitative estimate of drug-likeness (QED) is 0.0857. The summed E-state index contributed by atoms with van der Waals surface area (Å²) in [5.41, 5.74) is 48.6. The van der Waals surface area contributed by atoms with Gasteiger partial charge in [-0.3, -0.25) is 0 Å². The van der Waals surface area contributed by atoms with E-state index in [2.05, 4.69) is 535 Å². The first-order chi connectivity index (χ1) is 71.7. The zero-order valence-corrected chi connectivity index (χ0v) is 85.9. The van der Waals surface area contributed by atoms with Gasteiger partial charge in [0.15, 0.2) is 0 Å². The molecule has 0 saturated heterocycles. The number of aryl methyl sites for hydroxylation is 7. The minimum absolute atomic E-state index is 0.443. The van der Waals surface area contributed by atoms with Crippen molar-refractivity contribution in [3.05, 3.63) is 456 Å². The van der Waals surface area contributed by atoms with Crippen molar-refractivity contribution in [1.82, 2.24) is 17.6 Å². The third kappa shape index (κ3) is 13.5. The van der Waals surface area contributed by atoms with Crippen LogP contribution in [0.3, 0.4) is 0 Å². The summed E-state index contributed by atoms with van der Waals surface area (Å²) in [5.74, 6) is 1.78. The van der Waals surface area contributed by atoms with Crippen molar-refractivity contribution in [3.63, 3.8) is 0 Å². The molecule has 0 radical (unpaired) electrons. The molecule has 0 fully saturated rings. The summed E-state index contributed by atoms with van der Waals surface area (Å²) in [6.45, 7) is 34.5. The molecule has 0 aliphatic rings. The first-order valence-corrected chi connectivity index (χ1v) is 52.4. The maximum Gasteiger partial charge on any atom is 0.0621 e. The number of anilines is 12. The summed E-state index contributed by atoms with van der Waals surface area (Å²) in [6, 6.07) is 148. The van der Waals surface area contributed by atoms with Gasteiger partial charge in [-0.25, -0.2) is 0 Å². The van der Waals surface area contributed by atoms with Gasteiger partial charge >= 0.3 is 0 Å². The van der Waals surface area contributed by atoms with Crippen molar-refractivity contribution in [2.24, 2.45) is 0 Å². The Hall–Kier alpha value is -17.2. The Labute approximate surface area is 857 Å². The molecule has 0 amide bonds. The number of fused-ring (bicyclic) bond motifs is 24. The molecule has 0 spiro atoms. The predicted molar refractivity (Wildman–Crippen MR) is 631 cm³/mol. The Kier molecular flexibility index (Phi) is 20.5. The zero-order chi connectivity index (χ0) is 99.6. The molecule has 0 aliphatic carbocycles. The second-order valence-corrected chi connectivity index (χ2v) is 42.6. The summed E-state index contributed by atoms with van der Waals surface area (Å²) in [6.07, 6.45) is 0. The lowest BCUT2D eigenvalue weighted by molar-refractivity contribution is 0.845. The standard InChI is InChI=1S/C73H72N4.C66H42N4/c1-39(2)54-29-28-50(30-43(54)9)74(51-31-44(10)67(40(3)4)45(11)32-51)61-24-18-26-63-70(61)57-22-16-20-55-59-38-66-60(37-65(59)76(63)72(55)57)56-21-17-23-58-71-62(25-19-27-64(71)77(66)73(56)58)75(52-33-46(12)68(41(5)6)47(13)34-52)53-35-48(14)69(42(7)8)49(15)36-53;1-5-19-43(20-6-1)45-23-13-29-49(39-45)67(47-25-9-3-10-26-47)57-35-17-37-59-63(57)53-33-15-31-51-55-42-62-56(41-61(55)69(59)65(51)53)52-32-16-34-54-64-58(36-18-38-60(64)70(62)66(52)54)68(48-27-11-4-12-28-48)50-30-14-24-46(40-50)44-21-7-2-8-22-44/h16-42H,1-15H3;1-42H. The summed E-state index contributed by atoms with van der Waals surface area (Å²) in [7, 11) is 0. The van der Waals surface area contributed by atoms with Crippen molar-refractivity contribution < 1.29 is 0 Å². The fraction of sp³-hybridized carbons (Fsp3) is 0.137. The van der Waals surface area contributed by atoms with Crippen molar-refractivity contribution in [3.8, 4) is 22.3 Å². The zero-order valence-electron chi connectivity index (χ0n) is 85.9. The fourth-order valence-corrected chi connectivity index (χ4v) is 27.0. The Morgan fingerprint density at radius 3 is 0.673 bits per heavy atom. The molecule has 710 valence electrons. The minimum atomic E-state index is 0.443. The molecular formula is C139H114N8. The maximum atomic E-state index is 2.58. The van der Waals surface area contributed by atoms with E-state index < -0.39 is 0 Å². The van der Waals surface area contributed by atoms with Gasteiger partial charge in [-0.15, -0.1) is 0 Å². The molecule has 0 aliphatic heterocycles. The molecule has 28 aromatic rings. The van der Waals surface area contributed by atoms with Gasteiger partial charge in [0.05, 0.1) is 88.9 Å². The highest BCUT2D eigenvalue weighted by molar-refractivity contribution is 6.34. The van der Waals surface area contributed by atoms with E-state index in [9.17, 15) is 0 Å². The molecule has 28 rings (SSSR count). The van der Waals surface area contributed by atoms with Gasteiger partial charge in [-0.1, -0.05) is 280 Å². The van der Waals surface area contributed by atoms with Crippen LogP contribution in [0.5, 0.6) is 0 Å². The molecule has 8 nitrogen and oxygen atoms in total. The first kappa shape index (κ1) is 88.7. The molecule has 20 aromatic carbocycles. The summed E-state index contributed by atoms with van der Waals surface area (Å²) < 4.78 is 10.2. The van der Waals surface area contributed by atoms with Crippen LogP contribution in [0, 0.1) is 48.5 Å². The molecule has 0 saturated carbocycles. The van der Waals surface area contributed by atoms with Gasteiger partial charge in [0.1, 0.15) is 0 Å². The Bertz CT molecular complexity index is 9750. The number of aromatic nitrogens is 4. The van der Waals surface area contributed by atoms with E-state index in [1.54, 1.807) is 0 Å². The average molecular weight is 1900 g/mol. The van der Waals surface area contributed by atoms with Gasteiger partial charge in [-0.2, -0.15) is 0 Å². The summed E-state index contributed by atoms with van der Waals surface area (Å²) in [4.78, 5) is 9.95. The normalized spacial score (nSPS) is 12.3. The Morgan fingerprint density at radius 2 is 0.395 bits per heavy atom. The molecule has 0 atom stereocenters. The second kappa shape index (κ2) is 34.0. The van der Waals surface area contributed by atoms with Gasteiger partial charge < -0.3 is 37.2 Å². The van der Waals surface area contributed by atoms with E-state index in [0.29, 0.717) is 23.7 Å². The number of hydrogen-bond donors (Lipinski definition) is 0. The summed E-state index contributed by atoms with van der Waals surface area (Å²) >= 11 is 0. The third-order valence-corrected chi connectivity index (χ3v) is 32.3. The highest BCUT2D eigenvalue weighted by Crippen LogP contribution is 2.56. The van der Waals surface area contributed by atoms with E-state index in [1.807, 2.05) is 0 Å². The predicted octanol–water partition coefficient (Wildman–Crippen LogP) is 39.8. The minimum Gasteiger partial charge on any atom is -0.310 e. The number of rotatable bonds is 18. The van der Waals surface area contributed by atoms with Crippen molar-refractivity contribution in [2.75, 3.05) is 19.6 Å². The van der Waals surface area contributed by atoms with Crippen LogP contribution in [0.25, 0.3) is 175 Å². The van der Waals surface area contributed by atoms with Crippen LogP contribution in [-0.4, -0.2) is 17.6 Å². The third-order valence-electron chi connectivity index (χ3n) is 32.3. The lowest BCUT2D eigenvalue weighted by Crippen LogP contribution is -2.13. The van der Waals surface area contributed by atoms with Crippen LogP contribution in [0.2, 0.25) is 0 Å². The van der Waals surface area contributed by atoms with Gasteiger partial charge in [0.25, 0.3) is 0 Å². The number of nitrogens with zero attached hydrogens (tertiary/aromatic N) is 8. The maximum absolute atomic E-state index is 2.58. The number of para-hydroxylation sites is 6. The van der Waals surface area contributed by atoms with Crippen LogP contribution in [0.4, 0.5) is 68.2 Å². The van der Waals surface area contributed by atoms with E-state index in [1.165, 1.54) is 270 Å². The molecule has 8 aromatic heterocycles. The van der Waals surface area contributed by atoms with Crippen molar-refractivity contribution >= 4 is 221 Å². The lowest BCUT2D eigenvalue weighted by Gasteiger charge is -2.30. The van der Waals surface area contributed by atoms with Crippen molar-refractivity contribution in [2.45, 2.75) is 128 Å². The molecule has 147 heavy (non-hydrogen) atoms. The van der Waals surface area contributed by atoms with E-state index >= 15 is 0 Å². The molecular weight excluding hydrogens is 1780 g/mol. The van der Waals surface area contributed by atoms with Gasteiger partial charge in [0.2, 0.25) is 0 Å². The smallest absolute Gasteiger partial charge is 0.0621 e. The van der Waals surface area contributed by atoms with Crippen molar-refractivity contribution in [1.29, 1.82) is 0 Å². The SMILES string of the molecule is Cc1cc(N(c2cc(C)c(C(C)C)c(C)c2)c2cccc3c2c2cccc4c5cc6c(cc5n3c42)c2cccc3c4c(N(c5cc(C)c(C(C)C)c(C)c5)c5cc(C)c(C(C)C)c(C)c5)cccc4n6c23)ccc1C(C)C.c1ccc(-c2cccc(N(c3ccccc3)c3cccc4c3c3cccc5c6cc7c(cc6n4c53)c3cccc4c5c(N(c6ccccc6)c6cccc(-c8ccccc8)c6)cccc5n7c34)c2)cc1. The van der Waals surface area contributed by atoms with Crippen LogP contribution < -0.4 is 19.6 Å².